The summed E-state index contributed by atoms with van der Waals surface area (Å²) >= 11 is 5.76. The SMILES string of the molecule is [2H]C([2H])(Oc1nc(C(CC)CCCCC)c2cc(C(F)(F)F)n(-c3cc(O)cc(Cl)c3C(F)(F)F)c(=O)c2n1)[C@@H]1CCCN1C. The third-order valence-corrected chi connectivity index (χ3v) is 7.89. The summed E-state index contributed by atoms with van der Waals surface area (Å²) in [4.78, 5) is 24.0. The Bertz CT molecular complexity index is 1620. The topological polar surface area (TPSA) is 80.5 Å². The molecule has 3 heterocycles. The molecule has 0 amide bonds. The van der Waals surface area contributed by atoms with Crippen LogP contribution in [0.2, 0.25) is 5.02 Å². The quantitative estimate of drug-likeness (QED) is 0.181. The maximum absolute atomic E-state index is 14.6. The summed E-state index contributed by atoms with van der Waals surface area (Å²) in [6, 6.07) is 0.0228. The number of nitrogens with zero attached hydrogens (tertiary/aromatic N) is 4. The summed E-state index contributed by atoms with van der Waals surface area (Å²) < 4.78 is 109. The van der Waals surface area contributed by atoms with Gasteiger partial charge in [-0.15, -0.1) is 0 Å². The van der Waals surface area contributed by atoms with E-state index in [1.807, 2.05) is 6.92 Å². The number of phenols is 1. The van der Waals surface area contributed by atoms with Crippen molar-refractivity contribution < 1.29 is 38.9 Å². The first kappa shape index (κ1) is 30.0. The van der Waals surface area contributed by atoms with E-state index in [-0.39, 0.29) is 15.6 Å². The Morgan fingerprint density at radius 1 is 1.14 bits per heavy atom. The van der Waals surface area contributed by atoms with Gasteiger partial charge in [0.25, 0.3) is 5.56 Å². The number of phenolic OH excluding ortho intramolecular Hbond substituents is 1. The van der Waals surface area contributed by atoms with Gasteiger partial charge in [-0.25, -0.2) is 0 Å². The number of halogens is 7. The number of hydrogen-bond acceptors (Lipinski definition) is 6. The van der Waals surface area contributed by atoms with Crippen molar-refractivity contribution in [3.05, 3.63) is 50.5 Å². The maximum atomic E-state index is 14.6. The van der Waals surface area contributed by atoms with E-state index in [2.05, 4.69) is 9.97 Å². The van der Waals surface area contributed by atoms with Crippen molar-refractivity contribution in [2.75, 3.05) is 20.2 Å². The molecular formula is C29H33ClF6N4O3. The van der Waals surface area contributed by atoms with Gasteiger partial charge in [-0.05, 0) is 51.4 Å². The van der Waals surface area contributed by atoms with E-state index in [0.29, 0.717) is 56.8 Å². The van der Waals surface area contributed by atoms with Crippen molar-refractivity contribution in [2.45, 2.75) is 83.1 Å². The van der Waals surface area contributed by atoms with Crippen molar-refractivity contribution in [2.24, 2.45) is 0 Å². The van der Waals surface area contributed by atoms with Gasteiger partial charge in [-0.1, -0.05) is 44.7 Å². The fraction of sp³-hybridized carbons (Fsp3) is 0.552. The number of likely N-dealkylation sites (N-methyl/N-ethyl adjacent to an activating group) is 1. The molecule has 1 aliphatic heterocycles. The average Bonchev–Trinajstić information content (AvgIpc) is 3.36. The lowest BCUT2D eigenvalue weighted by atomic mass is 9.92. The van der Waals surface area contributed by atoms with Gasteiger partial charge >= 0.3 is 18.4 Å². The largest absolute Gasteiger partial charge is 0.508 e. The zero-order valence-electron chi connectivity index (χ0n) is 25.7. The number of aromatic nitrogens is 3. The van der Waals surface area contributed by atoms with Gasteiger partial charge in [0.05, 0.1) is 24.7 Å². The Labute approximate surface area is 252 Å². The number of ether oxygens (including phenoxy) is 1. The molecule has 2 atom stereocenters. The van der Waals surface area contributed by atoms with Crippen molar-refractivity contribution >= 4 is 22.5 Å². The van der Waals surface area contributed by atoms with Crippen LogP contribution in [0.5, 0.6) is 11.8 Å². The third-order valence-electron chi connectivity index (χ3n) is 7.59. The number of hydrogen-bond donors (Lipinski definition) is 1. The Balaban J connectivity index is 2.09. The number of rotatable bonds is 10. The molecule has 1 unspecified atom stereocenters. The van der Waals surface area contributed by atoms with Gasteiger partial charge in [0.2, 0.25) is 0 Å². The molecule has 2 aromatic heterocycles. The van der Waals surface area contributed by atoms with Crippen molar-refractivity contribution in [3.8, 4) is 17.4 Å². The predicted octanol–water partition coefficient (Wildman–Crippen LogP) is 7.72. The molecule has 1 fully saturated rings. The second kappa shape index (κ2) is 12.9. The molecule has 1 aromatic carbocycles. The first-order valence-electron chi connectivity index (χ1n) is 14.9. The lowest BCUT2D eigenvalue weighted by Crippen LogP contribution is -2.31. The van der Waals surface area contributed by atoms with Crippen LogP contribution in [0.25, 0.3) is 16.6 Å². The zero-order chi connectivity index (χ0) is 33.5. The number of fused-ring (bicyclic) bond motifs is 1. The van der Waals surface area contributed by atoms with E-state index in [9.17, 15) is 36.2 Å². The van der Waals surface area contributed by atoms with Crippen LogP contribution in [0.3, 0.4) is 0 Å². The van der Waals surface area contributed by atoms with E-state index >= 15 is 0 Å². The smallest absolute Gasteiger partial charge is 0.431 e. The van der Waals surface area contributed by atoms with E-state index in [0.717, 1.165) is 12.8 Å². The molecule has 0 saturated carbocycles. The minimum Gasteiger partial charge on any atom is -0.508 e. The number of likely N-dealkylation sites (tertiary alicyclic amines) is 1. The molecule has 14 heteroatoms. The number of pyridine rings is 1. The summed E-state index contributed by atoms with van der Waals surface area (Å²) in [5.74, 6) is -1.42. The summed E-state index contributed by atoms with van der Waals surface area (Å²) in [5, 5.41) is 8.58. The van der Waals surface area contributed by atoms with E-state index in [1.54, 1.807) is 18.9 Å². The average molecular weight is 637 g/mol. The van der Waals surface area contributed by atoms with Crippen LogP contribution >= 0.6 is 11.6 Å². The molecule has 3 aromatic rings. The summed E-state index contributed by atoms with van der Waals surface area (Å²) in [6.45, 7) is 1.95. The van der Waals surface area contributed by atoms with Gasteiger partial charge in [-0.2, -0.15) is 36.3 Å². The Morgan fingerprint density at radius 3 is 2.44 bits per heavy atom. The summed E-state index contributed by atoms with van der Waals surface area (Å²) in [7, 11) is 1.70. The van der Waals surface area contributed by atoms with E-state index in [4.69, 9.17) is 19.1 Å². The molecule has 1 N–H and O–H groups in total. The van der Waals surface area contributed by atoms with Crippen molar-refractivity contribution in [1.82, 2.24) is 19.4 Å². The molecule has 0 spiro atoms. The standard InChI is InChI=1S/C29H33ClF6N4O3/c1-4-6-7-9-16(5-2)24-19-14-22(28(31,32)33)40(21-13-18(41)12-20(30)23(21)29(34,35)36)26(42)25(19)38-27(37-24)43-15-17-10-8-11-39(17)3/h12-14,16-17,41H,4-11,15H2,1-3H3/t16?,17-/m0/s1/i15D2. The highest BCUT2D eigenvalue weighted by Gasteiger charge is 2.42. The fourth-order valence-electron chi connectivity index (χ4n) is 5.38. The predicted molar refractivity (Wildman–Crippen MR) is 150 cm³/mol. The van der Waals surface area contributed by atoms with Crippen LogP contribution in [0.1, 0.15) is 84.4 Å². The maximum Gasteiger partial charge on any atom is 0.431 e. The van der Waals surface area contributed by atoms with Crippen LogP contribution in [0.4, 0.5) is 26.3 Å². The second-order valence-corrected chi connectivity index (χ2v) is 11.0. The number of unbranched alkanes of at least 4 members (excludes halogenated alkanes) is 2. The minimum atomic E-state index is -5.35. The Morgan fingerprint density at radius 2 is 1.86 bits per heavy atom. The molecule has 4 rings (SSSR count). The highest BCUT2D eigenvalue weighted by atomic mass is 35.5. The first-order chi connectivity index (χ1) is 20.9. The van der Waals surface area contributed by atoms with Crippen LogP contribution in [0.15, 0.2) is 23.0 Å². The lowest BCUT2D eigenvalue weighted by molar-refractivity contribution is -0.144. The summed E-state index contributed by atoms with van der Waals surface area (Å²) in [6.07, 6.45) is -6.41. The normalized spacial score (nSPS) is 18.1. The minimum absolute atomic E-state index is 0.0103. The fourth-order valence-corrected chi connectivity index (χ4v) is 5.70. The third kappa shape index (κ3) is 7.03. The monoisotopic (exact) mass is 636 g/mol. The molecule has 236 valence electrons. The molecule has 1 aliphatic rings. The van der Waals surface area contributed by atoms with Crippen LogP contribution in [-0.2, 0) is 12.4 Å². The number of alkyl halides is 6. The lowest BCUT2D eigenvalue weighted by Gasteiger charge is -2.23. The highest BCUT2D eigenvalue weighted by Crippen LogP contribution is 2.43. The Kier molecular flexibility index (Phi) is 8.99. The molecule has 0 radical (unpaired) electrons. The van der Waals surface area contributed by atoms with Crippen molar-refractivity contribution in [1.29, 1.82) is 0 Å². The van der Waals surface area contributed by atoms with Crippen LogP contribution in [0, 0.1) is 0 Å². The number of benzene rings is 1. The highest BCUT2D eigenvalue weighted by molar-refractivity contribution is 6.31. The number of aromatic hydroxyl groups is 1. The molecule has 1 saturated heterocycles. The molecule has 43 heavy (non-hydrogen) atoms. The second-order valence-electron chi connectivity index (χ2n) is 10.6. The molecule has 7 nitrogen and oxygen atoms in total. The zero-order valence-corrected chi connectivity index (χ0v) is 24.5. The van der Waals surface area contributed by atoms with Crippen LogP contribution < -0.4 is 10.3 Å². The van der Waals surface area contributed by atoms with E-state index < -0.39 is 75.7 Å². The van der Waals surface area contributed by atoms with Crippen molar-refractivity contribution in [3.63, 3.8) is 0 Å². The molecule has 0 bridgehead atoms. The van der Waals surface area contributed by atoms with Gasteiger partial charge in [0, 0.05) is 23.4 Å². The van der Waals surface area contributed by atoms with Gasteiger partial charge in [0.15, 0.2) is 0 Å². The Hall–Kier alpha value is -3.06. The van der Waals surface area contributed by atoms with Gasteiger partial charge in [0.1, 0.15) is 23.5 Å². The van der Waals surface area contributed by atoms with E-state index in [1.165, 1.54) is 0 Å². The van der Waals surface area contributed by atoms with Gasteiger partial charge in [-0.3, -0.25) is 9.36 Å². The molecule has 0 aliphatic carbocycles. The molecular weight excluding hydrogens is 602 g/mol. The summed E-state index contributed by atoms with van der Waals surface area (Å²) in [5.41, 5.74) is -7.22. The first-order valence-corrected chi connectivity index (χ1v) is 14.3. The van der Waals surface area contributed by atoms with Crippen LogP contribution in [-0.4, -0.2) is 50.7 Å². The van der Waals surface area contributed by atoms with Gasteiger partial charge < -0.3 is 14.7 Å².